The Balaban J connectivity index is 2.60. The second-order valence-corrected chi connectivity index (χ2v) is 4.10. The molecule has 3 heteroatoms. The van der Waals surface area contributed by atoms with Crippen LogP contribution in [-0.2, 0) is 0 Å². The predicted molar refractivity (Wildman–Crippen MR) is 58.3 cm³/mol. The van der Waals surface area contributed by atoms with Crippen LogP contribution in [0.1, 0.15) is 38.5 Å². The van der Waals surface area contributed by atoms with Crippen LogP contribution in [0.5, 0.6) is 0 Å². The Morgan fingerprint density at radius 2 is 2.21 bits per heavy atom. The Morgan fingerprint density at radius 3 is 2.71 bits per heavy atom. The summed E-state index contributed by atoms with van der Waals surface area (Å²) in [4.78, 5) is 4.08. The van der Waals surface area contributed by atoms with E-state index in [1.54, 1.807) is 18.3 Å². The molecule has 1 rings (SSSR count). The lowest BCUT2D eigenvalue weighted by Crippen LogP contribution is -2.05. The first kappa shape index (κ1) is 11.5. The van der Waals surface area contributed by atoms with E-state index in [9.17, 15) is 5.11 Å². The number of hydrogen-bond acceptors (Lipinski definition) is 2. The SMILES string of the molecule is CCC(C)CC(O)c1ccc(Cl)cn1. The third kappa shape index (κ3) is 3.28. The summed E-state index contributed by atoms with van der Waals surface area (Å²) in [6.07, 6.45) is 2.93. The van der Waals surface area contributed by atoms with E-state index in [0.29, 0.717) is 16.6 Å². The van der Waals surface area contributed by atoms with Gasteiger partial charge in [0, 0.05) is 6.20 Å². The van der Waals surface area contributed by atoms with Crippen LogP contribution in [-0.4, -0.2) is 10.1 Å². The fourth-order valence-corrected chi connectivity index (χ4v) is 1.36. The molecule has 0 fully saturated rings. The van der Waals surface area contributed by atoms with Crippen LogP contribution in [0.3, 0.4) is 0 Å². The lowest BCUT2D eigenvalue weighted by molar-refractivity contribution is 0.142. The number of aromatic nitrogens is 1. The molecular weight excluding hydrogens is 198 g/mol. The summed E-state index contributed by atoms with van der Waals surface area (Å²) >= 11 is 5.71. The van der Waals surface area contributed by atoms with Crippen LogP contribution in [0, 0.1) is 5.92 Å². The largest absolute Gasteiger partial charge is 0.387 e. The molecule has 78 valence electrons. The van der Waals surface area contributed by atoms with E-state index in [1.165, 1.54) is 0 Å². The van der Waals surface area contributed by atoms with Crippen molar-refractivity contribution in [3.8, 4) is 0 Å². The molecule has 0 aliphatic rings. The summed E-state index contributed by atoms with van der Waals surface area (Å²) < 4.78 is 0. The van der Waals surface area contributed by atoms with Gasteiger partial charge in [0.2, 0.25) is 0 Å². The molecule has 1 aromatic heterocycles. The van der Waals surface area contributed by atoms with Crippen LogP contribution >= 0.6 is 11.6 Å². The van der Waals surface area contributed by atoms with Gasteiger partial charge >= 0.3 is 0 Å². The van der Waals surface area contributed by atoms with Crippen molar-refractivity contribution in [2.45, 2.75) is 32.8 Å². The first-order valence-electron chi connectivity index (χ1n) is 4.93. The van der Waals surface area contributed by atoms with Gasteiger partial charge in [-0.15, -0.1) is 0 Å². The molecule has 2 unspecified atom stereocenters. The highest BCUT2D eigenvalue weighted by Crippen LogP contribution is 2.21. The second-order valence-electron chi connectivity index (χ2n) is 3.67. The zero-order valence-electron chi connectivity index (χ0n) is 8.57. The minimum absolute atomic E-state index is 0.470. The Morgan fingerprint density at radius 1 is 1.50 bits per heavy atom. The molecule has 0 amide bonds. The van der Waals surface area contributed by atoms with Crippen LogP contribution in [0.2, 0.25) is 5.02 Å². The van der Waals surface area contributed by atoms with Crippen LogP contribution < -0.4 is 0 Å². The number of rotatable bonds is 4. The highest BCUT2D eigenvalue weighted by Gasteiger charge is 2.12. The molecule has 2 nitrogen and oxygen atoms in total. The number of nitrogens with zero attached hydrogens (tertiary/aromatic N) is 1. The molecule has 0 spiro atoms. The summed E-state index contributed by atoms with van der Waals surface area (Å²) in [6, 6.07) is 3.53. The molecule has 1 N–H and O–H groups in total. The first-order chi connectivity index (χ1) is 6.63. The smallest absolute Gasteiger partial charge is 0.0962 e. The number of aliphatic hydroxyl groups is 1. The molecule has 14 heavy (non-hydrogen) atoms. The Hall–Kier alpha value is -0.600. The maximum Gasteiger partial charge on any atom is 0.0962 e. The summed E-state index contributed by atoms with van der Waals surface area (Å²) in [7, 11) is 0. The summed E-state index contributed by atoms with van der Waals surface area (Å²) in [5, 5.41) is 10.4. The van der Waals surface area contributed by atoms with Crippen LogP contribution in [0.25, 0.3) is 0 Å². The van der Waals surface area contributed by atoms with Gasteiger partial charge in [0.25, 0.3) is 0 Å². The van der Waals surface area contributed by atoms with Gasteiger partial charge in [0.1, 0.15) is 0 Å². The molecule has 1 aromatic rings. The molecule has 0 aromatic carbocycles. The minimum Gasteiger partial charge on any atom is -0.387 e. The van der Waals surface area contributed by atoms with Crippen molar-refractivity contribution >= 4 is 11.6 Å². The molecule has 0 saturated carbocycles. The van der Waals surface area contributed by atoms with Gasteiger partial charge in [0.15, 0.2) is 0 Å². The van der Waals surface area contributed by atoms with Crippen molar-refractivity contribution in [3.63, 3.8) is 0 Å². The number of pyridine rings is 1. The van der Waals surface area contributed by atoms with Gasteiger partial charge in [-0.25, -0.2) is 0 Å². The quantitative estimate of drug-likeness (QED) is 0.833. The Bertz CT molecular complexity index is 273. The molecule has 0 bridgehead atoms. The summed E-state index contributed by atoms with van der Waals surface area (Å²) in [5.74, 6) is 0.516. The number of halogens is 1. The third-order valence-corrected chi connectivity index (χ3v) is 2.64. The van der Waals surface area contributed by atoms with Gasteiger partial charge in [-0.1, -0.05) is 31.9 Å². The van der Waals surface area contributed by atoms with Gasteiger partial charge < -0.3 is 5.11 Å². The van der Waals surface area contributed by atoms with E-state index >= 15 is 0 Å². The zero-order valence-corrected chi connectivity index (χ0v) is 9.33. The van der Waals surface area contributed by atoms with Gasteiger partial charge in [-0.3, -0.25) is 4.98 Å². The fourth-order valence-electron chi connectivity index (χ4n) is 1.25. The van der Waals surface area contributed by atoms with Gasteiger partial charge in [0.05, 0.1) is 16.8 Å². The second kappa shape index (κ2) is 5.32. The molecule has 0 radical (unpaired) electrons. The molecule has 0 aliphatic carbocycles. The van der Waals surface area contributed by atoms with Crippen molar-refractivity contribution < 1.29 is 5.11 Å². The van der Waals surface area contributed by atoms with Crippen LogP contribution in [0.4, 0.5) is 0 Å². The topological polar surface area (TPSA) is 33.1 Å². The third-order valence-electron chi connectivity index (χ3n) is 2.41. The minimum atomic E-state index is -0.470. The van der Waals surface area contributed by atoms with E-state index < -0.39 is 6.10 Å². The summed E-state index contributed by atoms with van der Waals surface area (Å²) in [6.45, 7) is 4.24. The highest BCUT2D eigenvalue weighted by molar-refractivity contribution is 6.30. The lowest BCUT2D eigenvalue weighted by atomic mass is 9.99. The first-order valence-corrected chi connectivity index (χ1v) is 5.30. The summed E-state index contributed by atoms with van der Waals surface area (Å²) in [5.41, 5.74) is 0.703. The molecule has 0 aliphatic heterocycles. The van der Waals surface area contributed by atoms with Crippen molar-refractivity contribution in [1.29, 1.82) is 0 Å². The van der Waals surface area contributed by atoms with Gasteiger partial charge in [-0.2, -0.15) is 0 Å². The van der Waals surface area contributed by atoms with E-state index in [2.05, 4.69) is 18.8 Å². The maximum absolute atomic E-state index is 9.81. The van der Waals surface area contributed by atoms with Crippen molar-refractivity contribution in [2.24, 2.45) is 5.92 Å². The van der Waals surface area contributed by atoms with Gasteiger partial charge in [-0.05, 0) is 24.5 Å². The highest BCUT2D eigenvalue weighted by atomic mass is 35.5. The van der Waals surface area contributed by atoms with Crippen molar-refractivity contribution in [3.05, 3.63) is 29.0 Å². The molecule has 2 atom stereocenters. The zero-order chi connectivity index (χ0) is 10.6. The standard InChI is InChI=1S/C11H16ClNO/c1-3-8(2)6-11(14)10-5-4-9(12)7-13-10/h4-5,7-8,11,14H,3,6H2,1-2H3. The fraction of sp³-hybridized carbons (Fsp3) is 0.545. The molecular formula is C11H16ClNO. The van der Waals surface area contributed by atoms with Crippen molar-refractivity contribution in [2.75, 3.05) is 0 Å². The Labute approximate surface area is 89.9 Å². The molecule has 0 saturated heterocycles. The van der Waals surface area contributed by atoms with Crippen molar-refractivity contribution in [1.82, 2.24) is 4.98 Å². The molecule has 1 heterocycles. The van der Waals surface area contributed by atoms with E-state index in [1.807, 2.05) is 0 Å². The average molecular weight is 214 g/mol. The van der Waals surface area contributed by atoms with E-state index in [-0.39, 0.29) is 0 Å². The monoisotopic (exact) mass is 213 g/mol. The Kier molecular flexibility index (Phi) is 4.36. The average Bonchev–Trinajstić information content (AvgIpc) is 2.18. The van der Waals surface area contributed by atoms with E-state index in [4.69, 9.17) is 11.6 Å². The van der Waals surface area contributed by atoms with Crippen LogP contribution in [0.15, 0.2) is 18.3 Å². The normalized spacial score (nSPS) is 15.1. The van der Waals surface area contributed by atoms with E-state index in [0.717, 1.165) is 12.8 Å². The maximum atomic E-state index is 9.81. The number of aliphatic hydroxyl groups excluding tert-OH is 1. The number of hydrogen-bond donors (Lipinski definition) is 1. The predicted octanol–water partition coefficient (Wildman–Crippen LogP) is 3.20. The lowest BCUT2D eigenvalue weighted by Gasteiger charge is -2.14.